The molecule has 0 unspecified atom stereocenters. The van der Waals surface area contributed by atoms with E-state index in [1.54, 1.807) is 12.4 Å². The number of benzene rings is 1. The molecule has 4 heterocycles. The van der Waals surface area contributed by atoms with Gasteiger partial charge >= 0.3 is 6.09 Å². The van der Waals surface area contributed by atoms with Gasteiger partial charge < -0.3 is 14.6 Å². The predicted octanol–water partition coefficient (Wildman–Crippen LogP) is 6.73. The Morgan fingerprint density at radius 2 is 1.74 bits per heavy atom. The van der Waals surface area contributed by atoms with E-state index in [1.807, 2.05) is 38.7 Å². The summed E-state index contributed by atoms with van der Waals surface area (Å²) in [6, 6.07) is 12.8. The zero-order chi connectivity index (χ0) is 27.8. The third-order valence-electron chi connectivity index (χ3n) is 6.55. The number of rotatable bonds is 5. The van der Waals surface area contributed by atoms with Crippen LogP contribution in [0.3, 0.4) is 0 Å². The Kier molecular flexibility index (Phi) is 7.48. The van der Waals surface area contributed by atoms with Crippen LogP contribution in [0.15, 0.2) is 55.0 Å². The van der Waals surface area contributed by atoms with Gasteiger partial charge in [-0.3, -0.25) is 4.90 Å². The summed E-state index contributed by atoms with van der Waals surface area (Å²) in [6.45, 7) is 15.3. The van der Waals surface area contributed by atoms with Gasteiger partial charge in [0, 0.05) is 71.8 Å². The second kappa shape index (κ2) is 10.7. The van der Waals surface area contributed by atoms with Crippen molar-refractivity contribution in [1.82, 2.24) is 24.2 Å². The molecule has 3 aromatic heterocycles. The summed E-state index contributed by atoms with van der Waals surface area (Å²) in [5.41, 5.74) is 4.38. The van der Waals surface area contributed by atoms with E-state index >= 15 is 0 Å². The van der Waals surface area contributed by atoms with Crippen LogP contribution in [0.4, 0.5) is 16.3 Å². The van der Waals surface area contributed by atoms with Crippen molar-refractivity contribution in [2.75, 3.05) is 29.9 Å². The van der Waals surface area contributed by atoms with Crippen molar-refractivity contribution in [3.8, 4) is 11.3 Å². The Morgan fingerprint density at radius 1 is 1.03 bits per heavy atom. The number of hydrogen-bond donors (Lipinski definition) is 1. The van der Waals surface area contributed by atoms with Crippen molar-refractivity contribution in [2.24, 2.45) is 0 Å². The van der Waals surface area contributed by atoms with E-state index in [1.165, 1.54) is 21.8 Å². The molecule has 1 aliphatic rings. The summed E-state index contributed by atoms with van der Waals surface area (Å²) in [6.07, 6.45) is 4.82. The van der Waals surface area contributed by atoms with E-state index in [2.05, 4.69) is 77.1 Å². The molecule has 0 amide bonds. The van der Waals surface area contributed by atoms with Crippen LogP contribution in [-0.2, 0) is 16.8 Å². The van der Waals surface area contributed by atoms with E-state index in [0.29, 0.717) is 0 Å². The largest absolute Gasteiger partial charge is 0.442 e. The van der Waals surface area contributed by atoms with Crippen molar-refractivity contribution >= 4 is 40.3 Å². The van der Waals surface area contributed by atoms with Gasteiger partial charge in [0.1, 0.15) is 11.4 Å². The van der Waals surface area contributed by atoms with Gasteiger partial charge in [0.25, 0.3) is 0 Å². The molecule has 206 valence electrons. The number of pyridine rings is 1. The smallest absolute Gasteiger partial charge is 0.435 e. The monoisotopic (exact) mass is 546 g/mol. The number of anilines is 2. The van der Waals surface area contributed by atoms with Crippen molar-refractivity contribution in [3.05, 3.63) is 60.6 Å². The molecule has 8 nitrogen and oxygen atoms in total. The van der Waals surface area contributed by atoms with E-state index in [4.69, 9.17) is 9.72 Å². The van der Waals surface area contributed by atoms with Crippen molar-refractivity contribution in [2.45, 2.75) is 59.2 Å². The lowest BCUT2D eigenvalue weighted by Crippen LogP contribution is -2.31. The van der Waals surface area contributed by atoms with Gasteiger partial charge in [-0.05, 0) is 65.3 Å². The fraction of sp³-hybridized carbons (Fsp3) is 0.433. The number of carbonyl (C=O) groups is 1. The summed E-state index contributed by atoms with van der Waals surface area (Å²) in [5, 5.41) is 8.78. The summed E-state index contributed by atoms with van der Waals surface area (Å²) < 4.78 is 9.00. The number of carbonyl (C=O) groups excluding carboxylic acids is 1. The number of hydrogen-bond acceptors (Lipinski definition) is 7. The Morgan fingerprint density at radius 3 is 2.41 bits per heavy atom. The van der Waals surface area contributed by atoms with Gasteiger partial charge in [-0.25, -0.2) is 9.78 Å². The summed E-state index contributed by atoms with van der Waals surface area (Å²) in [7, 11) is 0. The molecular formula is C30H38N6O2S. The lowest BCUT2D eigenvalue weighted by atomic mass is 10.1. The second-order valence-corrected chi connectivity index (χ2v) is 13.3. The third-order valence-corrected chi connectivity index (χ3v) is 7.49. The molecule has 1 aromatic carbocycles. The molecule has 9 heteroatoms. The number of nitrogens with zero attached hydrogens (tertiary/aromatic N) is 5. The SMILES string of the molecule is CC(C)(C)OC(=O)n1cc(-c2cc3cnc(Nc4ccc(CN5CCSCC5)cc4)cc3n2C(C)(C)C)cn1. The molecule has 1 N–H and O–H groups in total. The third kappa shape index (κ3) is 6.47. The highest BCUT2D eigenvalue weighted by Gasteiger charge is 2.24. The quantitative estimate of drug-likeness (QED) is 0.297. The van der Waals surface area contributed by atoms with Crippen molar-refractivity contribution in [3.63, 3.8) is 0 Å². The highest BCUT2D eigenvalue weighted by molar-refractivity contribution is 7.99. The first-order valence-electron chi connectivity index (χ1n) is 13.4. The van der Waals surface area contributed by atoms with E-state index in [0.717, 1.165) is 53.3 Å². The first kappa shape index (κ1) is 27.3. The normalized spacial score (nSPS) is 15.0. The molecule has 0 spiro atoms. The minimum atomic E-state index is -0.592. The van der Waals surface area contributed by atoms with E-state index < -0.39 is 11.7 Å². The van der Waals surface area contributed by atoms with E-state index in [9.17, 15) is 4.79 Å². The van der Waals surface area contributed by atoms with Crippen LogP contribution < -0.4 is 5.32 Å². The van der Waals surface area contributed by atoms with Crippen molar-refractivity contribution in [1.29, 1.82) is 0 Å². The van der Waals surface area contributed by atoms with Gasteiger partial charge in [-0.1, -0.05) is 12.1 Å². The maximum Gasteiger partial charge on any atom is 0.435 e. The Hall–Kier alpha value is -3.30. The number of aromatic nitrogens is 4. The van der Waals surface area contributed by atoms with Crippen LogP contribution in [0.25, 0.3) is 22.2 Å². The Labute approximate surface area is 234 Å². The van der Waals surface area contributed by atoms with Crippen molar-refractivity contribution < 1.29 is 9.53 Å². The fourth-order valence-electron chi connectivity index (χ4n) is 4.83. The molecule has 0 saturated carbocycles. The molecule has 0 bridgehead atoms. The average molecular weight is 547 g/mol. The molecule has 5 rings (SSSR count). The lowest BCUT2D eigenvalue weighted by molar-refractivity contribution is 0.0514. The molecule has 39 heavy (non-hydrogen) atoms. The van der Waals surface area contributed by atoms with Crippen LogP contribution in [0, 0.1) is 0 Å². The highest BCUT2D eigenvalue weighted by Crippen LogP contribution is 2.35. The van der Waals surface area contributed by atoms with Gasteiger partial charge in [-0.2, -0.15) is 21.5 Å². The maximum absolute atomic E-state index is 12.5. The molecule has 0 atom stereocenters. The fourth-order valence-corrected chi connectivity index (χ4v) is 5.81. The second-order valence-electron chi connectivity index (χ2n) is 12.0. The first-order valence-corrected chi connectivity index (χ1v) is 14.6. The molecule has 1 aliphatic heterocycles. The van der Waals surface area contributed by atoms with Crippen LogP contribution in [0.2, 0.25) is 0 Å². The topological polar surface area (TPSA) is 77.2 Å². The zero-order valence-electron chi connectivity index (χ0n) is 23.7. The molecule has 1 fully saturated rings. The molecule has 0 radical (unpaired) electrons. The molecule has 0 aliphatic carbocycles. The summed E-state index contributed by atoms with van der Waals surface area (Å²) >= 11 is 2.04. The Bertz CT molecular complexity index is 1450. The number of fused-ring (bicyclic) bond motifs is 1. The lowest BCUT2D eigenvalue weighted by Gasteiger charge is -2.26. The van der Waals surface area contributed by atoms with Gasteiger partial charge in [0.05, 0.1) is 17.4 Å². The molecular weight excluding hydrogens is 508 g/mol. The molecule has 1 saturated heterocycles. The summed E-state index contributed by atoms with van der Waals surface area (Å²) in [5.74, 6) is 3.22. The van der Waals surface area contributed by atoms with Gasteiger partial charge in [-0.15, -0.1) is 0 Å². The van der Waals surface area contributed by atoms with Crippen LogP contribution in [0.5, 0.6) is 0 Å². The summed E-state index contributed by atoms with van der Waals surface area (Å²) in [4.78, 5) is 19.8. The average Bonchev–Trinajstić information content (AvgIpc) is 3.50. The minimum absolute atomic E-state index is 0.224. The highest BCUT2D eigenvalue weighted by atomic mass is 32.2. The Balaban J connectivity index is 1.40. The number of thioether (sulfide) groups is 1. The first-order chi connectivity index (χ1) is 18.5. The van der Waals surface area contributed by atoms with Crippen LogP contribution >= 0.6 is 11.8 Å². The van der Waals surface area contributed by atoms with Gasteiger partial charge in [0.15, 0.2) is 0 Å². The predicted molar refractivity (Wildman–Crippen MR) is 160 cm³/mol. The molecule has 4 aromatic rings. The number of ether oxygens (including phenoxy) is 1. The van der Waals surface area contributed by atoms with Gasteiger partial charge in [0.2, 0.25) is 0 Å². The standard InChI is InChI=1S/C30H38N6O2S/c1-29(2,3)36-25(23-18-32-35(20-23)28(37)38-30(4,5)6)15-22-17-31-27(16-26(22)36)33-24-9-7-21(8-10-24)19-34-11-13-39-14-12-34/h7-10,15-18,20H,11-14,19H2,1-6H3,(H,31,33). The maximum atomic E-state index is 12.5. The number of nitrogens with one attached hydrogen (secondary N) is 1. The zero-order valence-corrected chi connectivity index (χ0v) is 24.5. The van der Waals surface area contributed by atoms with Crippen LogP contribution in [0.1, 0.15) is 47.1 Å². The van der Waals surface area contributed by atoms with E-state index in [-0.39, 0.29) is 5.54 Å². The minimum Gasteiger partial charge on any atom is -0.442 e. The van der Waals surface area contributed by atoms with Crippen LogP contribution in [-0.4, -0.2) is 60.5 Å².